The van der Waals surface area contributed by atoms with Crippen LogP contribution in [0, 0.1) is 11.7 Å². The fourth-order valence-electron chi connectivity index (χ4n) is 3.36. The van der Waals surface area contributed by atoms with Crippen molar-refractivity contribution in [3.05, 3.63) is 59.9 Å². The van der Waals surface area contributed by atoms with E-state index in [1.165, 1.54) is 23.1 Å². The van der Waals surface area contributed by atoms with Crippen LogP contribution in [0.15, 0.2) is 48.5 Å². The van der Waals surface area contributed by atoms with Crippen molar-refractivity contribution in [2.75, 3.05) is 30.3 Å². The van der Waals surface area contributed by atoms with Crippen LogP contribution in [0.3, 0.4) is 0 Å². The van der Waals surface area contributed by atoms with Crippen molar-refractivity contribution < 1.29 is 23.5 Å². The first-order valence-electron chi connectivity index (χ1n) is 9.86. The number of anilines is 2. The Labute approximate surface area is 174 Å². The first-order valence-corrected chi connectivity index (χ1v) is 9.86. The Morgan fingerprint density at radius 2 is 1.93 bits per heavy atom. The normalized spacial score (nSPS) is 15.9. The van der Waals surface area contributed by atoms with Crippen LogP contribution in [-0.4, -0.2) is 42.5 Å². The average molecular weight is 413 g/mol. The Morgan fingerprint density at radius 1 is 1.13 bits per heavy atom. The SMILES string of the molecule is CCOC(=O)N1CCC[C@@H](C(=O)Nc2ccccc2C(=O)Nc2cccc(F)c2)C1. The maximum absolute atomic E-state index is 13.4. The van der Waals surface area contributed by atoms with Crippen LogP contribution in [0.25, 0.3) is 0 Å². The number of likely N-dealkylation sites (tertiary alicyclic amines) is 1. The van der Waals surface area contributed by atoms with E-state index in [4.69, 9.17) is 4.74 Å². The second-order valence-corrected chi connectivity index (χ2v) is 6.98. The minimum absolute atomic E-state index is 0.258. The smallest absolute Gasteiger partial charge is 0.409 e. The summed E-state index contributed by atoms with van der Waals surface area (Å²) in [5, 5.41) is 5.43. The van der Waals surface area contributed by atoms with E-state index in [0.717, 1.165) is 0 Å². The lowest BCUT2D eigenvalue weighted by Crippen LogP contribution is -2.44. The van der Waals surface area contributed by atoms with Gasteiger partial charge in [0.1, 0.15) is 5.82 Å². The van der Waals surface area contributed by atoms with Gasteiger partial charge in [-0.2, -0.15) is 0 Å². The molecule has 3 rings (SSSR count). The monoisotopic (exact) mass is 413 g/mol. The molecule has 1 heterocycles. The molecular weight excluding hydrogens is 389 g/mol. The molecule has 1 fully saturated rings. The van der Waals surface area contributed by atoms with Crippen molar-refractivity contribution in [3.8, 4) is 0 Å². The van der Waals surface area contributed by atoms with Crippen molar-refractivity contribution in [2.45, 2.75) is 19.8 Å². The molecule has 2 aromatic rings. The molecule has 0 spiro atoms. The van der Waals surface area contributed by atoms with Crippen LogP contribution in [0.4, 0.5) is 20.6 Å². The number of carbonyl (C=O) groups excluding carboxylic acids is 3. The molecule has 3 amide bonds. The van der Waals surface area contributed by atoms with Crippen molar-refractivity contribution in [3.63, 3.8) is 0 Å². The Hall–Kier alpha value is -3.42. The third kappa shape index (κ3) is 5.34. The van der Waals surface area contributed by atoms with Gasteiger partial charge in [-0.3, -0.25) is 9.59 Å². The molecule has 0 aliphatic carbocycles. The van der Waals surface area contributed by atoms with E-state index < -0.39 is 23.7 Å². The van der Waals surface area contributed by atoms with Gasteiger partial charge < -0.3 is 20.3 Å². The molecule has 1 aliphatic rings. The number of rotatable bonds is 5. The molecule has 1 atom stereocenters. The predicted octanol–water partition coefficient (Wildman–Crippen LogP) is 3.89. The summed E-state index contributed by atoms with van der Waals surface area (Å²) >= 11 is 0. The fourth-order valence-corrected chi connectivity index (χ4v) is 3.36. The largest absolute Gasteiger partial charge is 0.450 e. The molecule has 30 heavy (non-hydrogen) atoms. The maximum Gasteiger partial charge on any atom is 0.409 e. The molecule has 0 radical (unpaired) electrons. The Balaban J connectivity index is 1.69. The first-order chi connectivity index (χ1) is 14.5. The minimum atomic E-state index is -0.465. The number of hydrogen-bond acceptors (Lipinski definition) is 4. The lowest BCUT2D eigenvalue weighted by Gasteiger charge is -2.31. The third-order valence-electron chi connectivity index (χ3n) is 4.83. The van der Waals surface area contributed by atoms with Gasteiger partial charge in [-0.25, -0.2) is 9.18 Å². The molecule has 2 N–H and O–H groups in total. The molecule has 0 unspecified atom stereocenters. The number of benzene rings is 2. The third-order valence-corrected chi connectivity index (χ3v) is 4.83. The number of nitrogens with one attached hydrogen (secondary N) is 2. The quantitative estimate of drug-likeness (QED) is 0.779. The zero-order valence-corrected chi connectivity index (χ0v) is 16.7. The van der Waals surface area contributed by atoms with Crippen LogP contribution >= 0.6 is 0 Å². The fraction of sp³-hybridized carbons (Fsp3) is 0.318. The highest BCUT2D eigenvalue weighted by molar-refractivity contribution is 6.10. The Bertz CT molecular complexity index is 934. The van der Waals surface area contributed by atoms with Crippen molar-refractivity contribution in [1.82, 2.24) is 4.90 Å². The second-order valence-electron chi connectivity index (χ2n) is 6.98. The van der Waals surface area contributed by atoms with Gasteiger partial charge in [0.15, 0.2) is 0 Å². The minimum Gasteiger partial charge on any atom is -0.450 e. The van der Waals surface area contributed by atoms with E-state index in [9.17, 15) is 18.8 Å². The van der Waals surface area contributed by atoms with Crippen LogP contribution in [-0.2, 0) is 9.53 Å². The maximum atomic E-state index is 13.4. The summed E-state index contributed by atoms with van der Waals surface area (Å²) in [5.74, 6) is -1.59. The predicted molar refractivity (Wildman–Crippen MR) is 111 cm³/mol. The number of hydrogen-bond donors (Lipinski definition) is 2. The number of piperidine rings is 1. The Kier molecular flexibility index (Phi) is 7.00. The topological polar surface area (TPSA) is 87.7 Å². The number of amides is 3. The lowest BCUT2D eigenvalue weighted by atomic mass is 9.97. The highest BCUT2D eigenvalue weighted by Gasteiger charge is 2.29. The molecule has 1 aliphatic heterocycles. The first kappa shape index (κ1) is 21.3. The van der Waals surface area contributed by atoms with E-state index >= 15 is 0 Å². The number of para-hydroxylation sites is 1. The number of carbonyl (C=O) groups is 3. The van der Waals surface area contributed by atoms with Crippen LogP contribution in [0.2, 0.25) is 0 Å². The van der Waals surface area contributed by atoms with Crippen LogP contribution in [0.5, 0.6) is 0 Å². The Morgan fingerprint density at radius 3 is 2.70 bits per heavy atom. The standard InChI is InChI=1S/C22H24FN3O4/c1-2-30-22(29)26-12-6-7-15(14-26)20(27)25-19-11-4-3-10-18(19)21(28)24-17-9-5-8-16(23)13-17/h3-5,8-11,13,15H,2,6-7,12,14H2,1H3,(H,24,28)(H,25,27)/t15-/m1/s1. The number of nitrogens with zero attached hydrogens (tertiary/aromatic N) is 1. The molecule has 0 saturated carbocycles. The molecule has 0 aromatic heterocycles. The van der Waals surface area contributed by atoms with E-state index in [1.807, 2.05) is 0 Å². The summed E-state index contributed by atoms with van der Waals surface area (Å²) in [5.41, 5.74) is 0.927. The van der Waals surface area contributed by atoms with E-state index in [-0.39, 0.29) is 24.6 Å². The van der Waals surface area contributed by atoms with Crippen LogP contribution < -0.4 is 10.6 Å². The number of halogens is 1. The summed E-state index contributed by atoms with van der Waals surface area (Å²) in [6.07, 6.45) is 0.905. The molecule has 0 bridgehead atoms. The highest BCUT2D eigenvalue weighted by Crippen LogP contribution is 2.22. The molecule has 2 aromatic carbocycles. The van der Waals surface area contributed by atoms with Gasteiger partial charge in [0.25, 0.3) is 5.91 Å². The van der Waals surface area contributed by atoms with E-state index in [0.29, 0.717) is 30.8 Å². The van der Waals surface area contributed by atoms with Crippen molar-refractivity contribution >= 4 is 29.3 Å². The van der Waals surface area contributed by atoms with Gasteiger partial charge >= 0.3 is 6.09 Å². The van der Waals surface area contributed by atoms with Gasteiger partial charge in [-0.1, -0.05) is 18.2 Å². The van der Waals surface area contributed by atoms with Crippen molar-refractivity contribution in [2.24, 2.45) is 5.92 Å². The van der Waals surface area contributed by atoms with Gasteiger partial charge in [-0.05, 0) is 50.1 Å². The summed E-state index contributed by atoms with van der Waals surface area (Å²) in [6.45, 7) is 2.83. The van der Waals surface area contributed by atoms with Gasteiger partial charge in [0, 0.05) is 18.8 Å². The summed E-state index contributed by atoms with van der Waals surface area (Å²) < 4.78 is 18.4. The van der Waals surface area contributed by atoms with Gasteiger partial charge in [-0.15, -0.1) is 0 Å². The molecule has 7 nitrogen and oxygen atoms in total. The molecule has 158 valence electrons. The van der Waals surface area contributed by atoms with E-state index in [2.05, 4.69) is 10.6 Å². The molecule has 8 heteroatoms. The zero-order chi connectivity index (χ0) is 21.5. The highest BCUT2D eigenvalue weighted by atomic mass is 19.1. The molecular formula is C22H24FN3O4. The van der Waals surface area contributed by atoms with E-state index in [1.54, 1.807) is 37.3 Å². The average Bonchev–Trinajstić information content (AvgIpc) is 2.74. The lowest BCUT2D eigenvalue weighted by molar-refractivity contribution is -0.121. The van der Waals surface area contributed by atoms with Gasteiger partial charge in [0.2, 0.25) is 5.91 Å². The number of ether oxygens (including phenoxy) is 1. The molecule has 1 saturated heterocycles. The van der Waals surface area contributed by atoms with Crippen molar-refractivity contribution in [1.29, 1.82) is 0 Å². The van der Waals surface area contributed by atoms with Crippen LogP contribution in [0.1, 0.15) is 30.1 Å². The summed E-state index contributed by atoms with van der Waals surface area (Å²) in [7, 11) is 0. The summed E-state index contributed by atoms with van der Waals surface area (Å²) in [6, 6.07) is 12.2. The van der Waals surface area contributed by atoms with Gasteiger partial charge in [0.05, 0.1) is 23.8 Å². The summed E-state index contributed by atoms with van der Waals surface area (Å²) in [4.78, 5) is 38.9. The second kappa shape index (κ2) is 9.87. The zero-order valence-electron chi connectivity index (χ0n) is 16.7.